The molecule has 3 rings (SSSR count). The molecule has 1 amide bonds. The standard InChI is InChI=1S/C23H27NO5/c1-5-27-20-13-16(14-21(28-6-2)22(20)29-7-3)23(26)24-11-10-19(25)17-12-15(4)8-9-18(17)24/h8-9,12-14H,5-7,10-11H2,1-4H3. The van der Waals surface area contributed by atoms with Crippen molar-refractivity contribution < 1.29 is 23.8 Å². The summed E-state index contributed by atoms with van der Waals surface area (Å²) < 4.78 is 17.2. The number of rotatable bonds is 7. The van der Waals surface area contributed by atoms with E-state index in [9.17, 15) is 9.59 Å². The van der Waals surface area contributed by atoms with Crippen molar-refractivity contribution in [3.63, 3.8) is 0 Å². The van der Waals surface area contributed by atoms with E-state index in [1.54, 1.807) is 17.0 Å². The van der Waals surface area contributed by atoms with E-state index >= 15 is 0 Å². The highest BCUT2D eigenvalue weighted by atomic mass is 16.5. The van der Waals surface area contributed by atoms with Crippen molar-refractivity contribution in [3.05, 3.63) is 47.0 Å². The number of carbonyl (C=O) groups excluding carboxylic acids is 2. The van der Waals surface area contributed by atoms with E-state index in [0.29, 0.717) is 66.8 Å². The maximum absolute atomic E-state index is 13.4. The van der Waals surface area contributed by atoms with Crippen molar-refractivity contribution in [2.45, 2.75) is 34.1 Å². The highest BCUT2D eigenvalue weighted by Gasteiger charge is 2.29. The van der Waals surface area contributed by atoms with E-state index in [1.165, 1.54) is 0 Å². The van der Waals surface area contributed by atoms with Crippen molar-refractivity contribution >= 4 is 17.4 Å². The molecule has 0 radical (unpaired) electrons. The van der Waals surface area contributed by atoms with Crippen LogP contribution in [0.5, 0.6) is 17.2 Å². The van der Waals surface area contributed by atoms with Gasteiger partial charge >= 0.3 is 0 Å². The second-order valence-corrected chi connectivity index (χ2v) is 6.75. The van der Waals surface area contributed by atoms with E-state index in [2.05, 4.69) is 0 Å². The fraction of sp³-hybridized carbons (Fsp3) is 0.391. The molecule has 1 heterocycles. The largest absolute Gasteiger partial charge is 0.490 e. The number of hydrogen-bond acceptors (Lipinski definition) is 5. The smallest absolute Gasteiger partial charge is 0.258 e. The van der Waals surface area contributed by atoms with Gasteiger partial charge in [-0.1, -0.05) is 11.6 Å². The SMILES string of the molecule is CCOc1cc(C(=O)N2CCC(=O)c3cc(C)ccc32)cc(OCC)c1OCC. The Morgan fingerprint density at radius 1 is 0.966 bits per heavy atom. The minimum atomic E-state index is -0.201. The van der Waals surface area contributed by atoms with Crippen molar-refractivity contribution in [3.8, 4) is 17.2 Å². The summed E-state index contributed by atoms with van der Waals surface area (Å²) in [5, 5.41) is 0. The van der Waals surface area contributed by atoms with Gasteiger partial charge in [0.1, 0.15) is 0 Å². The van der Waals surface area contributed by atoms with Crippen LogP contribution in [0.3, 0.4) is 0 Å². The van der Waals surface area contributed by atoms with Crippen molar-refractivity contribution in [2.24, 2.45) is 0 Å². The minimum Gasteiger partial charge on any atom is -0.490 e. The normalized spacial score (nSPS) is 13.1. The molecule has 154 valence electrons. The Morgan fingerprint density at radius 3 is 2.17 bits per heavy atom. The molecule has 0 fully saturated rings. The summed E-state index contributed by atoms with van der Waals surface area (Å²) in [6, 6.07) is 8.95. The molecule has 0 N–H and O–H groups in total. The molecule has 2 aromatic rings. The first-order valence-corrected chi connectivity index (χ1v) is 10.0. The maximum atomic E-state index is 13.4. The van der Waals surface area contributed by atoms with Crippen LogP contribution in [0, 0.1) is 6.92 Å². The van der Waals surface area contributed by atoms with Crippen LogP contribution in [0.15, 0.2) is 30.3 Å². The monoisotopic (exact) mass is 397 g/mol. The minimum absolute atomic E-state index is 0.0597. The number of aryl methyl sites for hydroxylation is 1. The van der Waals surface area contributed by atoms with Gasteiger partial charge in [-0.15, -0.1) is 0 Å². The van der Waals surface area contributed by atoms with Crippen LogP contribution in [-0.2, 0) is 0 Å². The van der Waals surface area contributed by atoms with E-state index in [4.69, 9.17) is 14.2 Å². The molecule has 0 bridgehead atoms. The van der Waals surface area contributed by atoms with Crippen LogP contribution in [0.2, 0.25) is 0 Å². The second kappa shape index (κ2) is 8.99. The van der Waals surface area contributed by atoms with Crippen molar-refractivity contribution in [2.75, 3.05) is 31.3 Å². The van der Waals surface area contributed by atoms with Crippen LogP contribution in [-0.4, -0.2) is 38.1 Å². The number of ether oxygens (including phenoxy) is 3. The Hall–Kier alpha value is -3.02. The van der Waals surface area contributed by atoms with Gasteiger partial charge in [0, 0.05) is 24.1 Å². The Kier molecular flexibility index (Phi) is 6.42. The summed E-state index contributed by atoms with van der Waals surface area (Å²) in [5.74, 6) is 1.30. The quantitative estimate of drug-likeness (QED) is 0.692. The molecule has 0 aliphatic carbocycles. The van der Waals surface area contributed by atoms with Crippen LogP contribution >= 0.6 is 0 Å². The lowest BCUT2D eigenvalue weighted by Crippen LogP contribution is -2.37. The zero-order chi connectivity index (χ0) is 21.0. The van der Waals surface area contributed by atoms with E-state index < -0.39 is 0 Å². The predicted octanol–water partition coefficient (Wildman–Crippen LogP) is 4.42. The van der Waals surface area contributed by atoms with Gasteiger partial charge < -0.3 is 19.1 Å². The van der Waals surface area contributed by atoms with Crippen molar-refractivity contribution in [1.82, 2.24) is 0 Å². The van der Waals surface area contributed by atoms with E-state index in [-0.39, 0.29) is 11.7 Å². The van der Waals surface area contributed by atoms with Gasteiger partial charge in [0.25, 0.3) is 5.91 Å². The first-order chi connectivity index (χ1) is 14.0. The van der Waals surface area contributed by atoms with Crippen LogP contribution in [0.1, 0.15) is 53.5 Å². The van der Waals surface area contributed by atoms with E-state index in [0.717, 1.165) is 5.56 Å². The Morgan fingerprint density at radius 2 is 1.59 bits per heavy atom. The van der Waals surface area contributed by atoms with Gasteiger partial charge in [-0.25, -0.2) is 0 Å². The van der Waals surface area contributed by atoms with E-state index in [1.807, 2.05) is 45.9 Å². The molecular weight excluding hydrogens is 370 g/mol. The molecule has 6 heteroatoms. The number of ketones is 1. The molecule has 0 saturated heterocycles. The molecular formula is C23H27NO5. The van der Waals surface area contributed by atoms with Gasteiger partial charge in [-0.3, -0.25) is 9.59 Å². The summed E-state index contributed by atoms with van der Waals surface area (Å²) in [6.45, 7) is 9.23. The first-order valence-electron chi connectivity index (χ1n) is 10.0. The van der Waals surface area contributed by atoms with Crippen molar-refractivity contribution in [1.29, 1.82) is 0 Å². The van der Waals surface area contributed by atoms with Gasteiger partial charge in [0.15, 0.2) is 17.3 Å². The summed E-state index contributed by atoms with van der Waals surface area (Å²) in [4.78, 5) is 27.4. The van der Waals surface area contributed by atoms with Gasteiger partial charge in [0.2, 0.25) is 5.75 Å². The average Bonchev–Trinajstić information content (AvgIpc) is 2.70. The summed E-state index contributed by atoms with van der Waals surface area (Å²) in [6.07, 6.45) is 0.301. The summed E-state index contributed by atoms with van der Waals surface area (Å²) in [5.41, 5.74) is 2.65. The molecule has 0 saturated carbocycles. The Labute approximate surface area is 171 Å². The third-order valence-corrected chi connectivity index (χ3v) is 4.71. The number of hydrogen-bond donors (Lipinski definition) is 0. The Bertz CT molecular complexity index is 894. The lowest BCUT2D eigenvalue weighted by atomic mass is 9.97. The topological polar surface area (TPSA) is 65.1 Å². The molecule has 0 unspecified atom stereocenters. The second-order valence-electron chi connectivity index (χ2n) is 6.75. The highest BCUT2D eigenvalue weighted by molar-refractivity contribution is 6.13. The third-order valence-electron chi connectivity index (χ3n) is 4.71. The van der Waals surface area contributed by atoms with Gasteiger partial charge in [-0.2, -0.15) is 0 Å². The summed E-state index contributed by atoms with van der Waals surface area (Å²) in [7, 11) is 0. The molecule has 0 atom stereocenters. The third kappa shape index (κ3) is 4.21. The molecule has 6 nitrogen and oxygen atoms in total. The van der Waals surface area contributed by atoms with Gasteiger partial charge in [0.05, 0.1) is 25.5 Å². The molecule has 1 aliphatic rings. The van der Waals surface area contributed by atoms with Crippen LogP contribution in [0.25, 0.3) is 0 Å². The maximum Gasteiger partial charge on any atom is 0.258 e. The zero-order valence-electron chi connectivity index (χ0n) is 17.4. The number of benzene rings is 2. The number of anilines is 1. The number of fused-ring (bicyclic) bond motifs is 1. The van der Waals surface area contributed by atoms with Crippen LogP contribution in [0.4, 0.5) is 5.69 Å². The fourth-order valence-electron chi connectivity index (χ4n) is 3.46. The molecule has 29 heavy (non-hydrogen) atoms. The number of carbonyl (C=O) groups is 2. The molecule has 2 aromatic carbocycles. The zero-order valence-corrected chi connectivity index (χ0v) is 17.4. The molecule has 0 spiro atoms. The number of Topliss-reactive ketones (excluding diaryl/α,β-unsaturated/α-hetero) is 1. The number of nitrogens with zero attached hydrogens (tertiary/aromatic N) is 1. The average molecular weight is 397 g/mol. The number of amides is 1. The van der Waals surface area contributed by atoms with Crippen LogP contribution < -0.4 is 19.1 Å². The summed E-state index contributed by atoms with van der Waals surface area (Å²) >= 11 is 0. The fourth-order valence-corrected chi connectivity index (χ4v) is 3.46. The first kappa shape index (κ1) is 20.7. The molecule has 1 aliphatic heterocycles. The van der Waals surface area contributed by atoms with Gasteiger partial charge in [-0.05, 0) is 52.0 Å². The predicted molar refractivity (Wildman–Crippen MR) is 112 cm³/mol. The lowest BCUT2D eigenvalue weighted by molar-refractivity contribution is 0.0954. The Balaban J connectivity index is 2.05. The lowest BCUT2D eigenvalue weighted by Gasteiger charge is -2.29. The highest BCUT2D eigenvalue weighted by Crippen LogP contribution is 2.40. The molecule has 0 aromatic heterocycles.